The number of carbonyl (C=O) groups excluding carboxylic acids is 1. The Morgan fingerprint density at radius 2 is 1.77 bits per heavy atom. The third-order valence-corrected chi connectivity index (χ3v) is 4.59. The van der Waals surface area contributed by atoms with Crippen molar-refractivity contribution in [1.29, 1.82) is 0 Å². The lowest BCUT2D eigenvalue weighted by atomic mass is 10.1. The monoisotopic (exact) mass is 330 g/mol. The van der Waals surface area contributed by atoms with Gasteiger partial charge in [0.2, 0.25) is 15.9 Å². The lowest BCUT2D eigenvalue weighted by Gasteiger charge is -2.30. The van der Waals surface area contributed by atoms with Crippen LogP contribution in [0.2, 0.25) is 0 Å². The zero-order chi connectivity index (χ0) is 16.9. The Bertz CT molecular complexity index is 602. The van der Waals surface area contributed by atoms with E-state index >= 15 is 0 Å². The van der Waals surface area contributed by atoms with Crippen LogP contribution in [0.25, 0.3) is 0 Å². The Kier molecular flexibility index (Phi) is 6.34. The molecule has 5 nitrogen and oxygen atoms in total. The van der Waals surface area contributed by atoms with E-state index in [1.807, 2.05) is 13.8 Å². The van der Waals surface area contributed by atoms with E-state index in [1.54, 1.807) is 6.92 Å². The summed E-state index contributed by atoms with van der Waals surface area (Å²) in [5.41, 5.74) is 0.273. The lowest BCUT2D eigenvalue weighted by molar-refractivity contribution is -0.122. The molecule has 1 aromatic rings. The largest absolute Gasteiger partial charge is 0.352 e. The topological polar surface area (TPSA) is 66.5 Å². The highest BCUT2D eigenvalue weighted by Crippen LogP contribution is 2.22. The smallest absolute Gasteiger partial charge is 0.244 e. The summed E-state index contributed by atoms with van der Waals surface area (Å²) >= 11 is 0. The second kappa shape index (κ2) is 7.58. The van der Waals surface area contributed by atoms with Crippen molar-refractivity contribution in [2.45, 2.75) is 45.7 Å². The van der Waals surface area contributed by atoms with Gasteiger partial charge in [-0.15, -0.1) is 0 Å². The van der Waals surface area contributed by atoms with E-state index in [1.165, 1.54) is 24.3 Å². The van der Waals surface area contributed by atoms with Gasteiger partial charge in [0, 0.05) is 6.04 Å². The number of sulfonamides is 1. The number of amides is 1. The van der Waals surface area contributed by atoms with E-state index in [2.05, 4.69) is 5.32 Å². The molecular formula is C15H23FN2O3S. The summed E-state index contributed by atoms with van der Waals surface area (Å²) in [4.78, 5) is 12.4. The molecule has 1 N–H and O–H groups in total. The van der Waals surface area contributed by atoms with Crippen LogP contribution in [0.4, 0.5) is 10.1 Å². The predicted octanol–water partition coefficient (Wildman–Crippen LogP) is 2.29. The highest BCUT2D eigenvalue weighted by atomic mass is 32.2. The quantitative estimate of drug-likeness (QED) is 0.834. The maximum atomic E-state index is 13.1. The van der Waals surface area contributed by atoms with Gasteiger partial charge in [0.1, 0.15) is 11.9 Å². The molecule has 0 saturated heterocycles. The van der Waals surface area contributed by atoms with Gasteiger partial charge in [0.05, 0.1) is 11.9 Å². The van der Waals surface area contributed by atoms with Crippen LogP contribution in [-0.2, 0) is 14.8 Å². The van der Waals surface area contributed by atoms with Crippen LogP contribution < -0.4 is 9.62 Å². The van der Waals surface area contributed by atoms with Crippen LogP contribution in [0.15, 0.2) is 24.3 Å². The third-order valence-electron chi connectivity index (χ3n) is 3.41. The SMILES string of the molecule is CC[C@@H](C)NC(=O)[C@H](CC)N(c1ccc(F)cc1)S(C)(=O)=O. The fourth-order valence-electron chi connectivity index (χ4n) is 2.09. The zero-order valence-corrected chi connectivity index (χ0v) is 14.2. The average molecular weight is 330 g/mol. The number of halogens is 1. The molecular weight excluding hydrogens is 307 g/mol. The Morgan fingerprint density at radius 3 is 2.18 bits per heavy atom. The van der Waals surface area contributed by atoms with Crippen LogP contribution in [-0.4, -0.2) is 32.7 Å². The van der Waals surface area contributed by atoms with Gasteiger partial charge in [0.15, 0.2) is 0 Å². The van der Waals surface area contributed by atoms with Gasteiger partial charge in [-0.2, -0.15) is 0 Å². The van der Waals surface area contributed by atoms with Crippen LogP contribution in [0.1, 0.15) is 33.6 Å². The second-order valence-corrected chi connectivity index (χ2v) is 7.14. The zero-order valence-electron chi connectivity index (χ0n) is 13.3. The Balaban J connectivity index is 3.19. The normalized spacial score (nSPS) is 14.2. The van der Waals surface area contributed by atoms with Crippen molar-refractivity contribution in [1.82, 2.24) is 5.32 Å². The van der Waals surface area contributed by atoms with Gasteiger partial charge >= 0.3 is 0 Å². The molecule has 0 saturated carbocycles. The van der Waals surface area contributed by atoms with Crippen LogP contribution in [0.5, 0.6) is 0 Å². The van der Waals surface area contributed by atoms with Crippen molar-refractivity contribution in [2.75, 3.05) is 10.6 Å². The average Bonchev–Trinajstić information content (AvgIpc) is 2.44. The summed E-state index contributed by atoms with van der Waals surface area (Å²) in [6.07, 6.45) is 2.10. The molecule has 7 heteroatoms. The van der Waals surface area contributed by atoms with E-state index in [0.717, 1.165) is 17.0 Å². The van der Waals surface area contributed by atoms with Crippen LogP contribution in [0, 0.1) is 5.82 Å². The van der Waals surface area contributed by atoms with Crippen LogP contribution >= 0.6 is 0 Å². The van der Waals surface area contributed by atoms with E-state index < -0.39 is 21.9 Å². The molecule has 2 atom stereocenters. The summed E-state index contributed by atoms with van der Waals surface area (Å²) in [6.45, 7) is 5.52. The molecule has 124 valence electrons. The number of rotatable bonds is 7. The molecule has 0 radical (unpaired) electrons. The van der Waals surface area contributed by atoms with Gasteiger partial charge in [-0.3, -0.25) is 9.10 Å². The van der Waals surface area contributed by atoms with Crippen molar-refractivity contribution in [3.05, 3.63) is 30.1 Å². The minimum atomic E-state index is -3.68. The lowest BCUT2D eigenvalue weighted by Crippen LogP contribution is -2.51. The number of nitrogens with zero attached hydrogens (tertiary/aromatic N) is 1. The van der Waals surface area contributed by atoms with Gasteiger partial charge in [-0.25, -0.2) is 12.8 Å². The van der Waals surface area contributed by atoms with Gasteiger partial charge < -0.3 is 5.32 Å². The molecule has 1 amide bonds. The fourth-order valence-corrected chi connectivity index (χ4v) is 3.30. The Labute approximate surface area is 131 Å². The van der Waals surface area contributed by atoms with E-state index in [4.69, 9.17) is 0 Å². The molecule has 0 aliphatic carbocycles. The maximum absolute atomic E-state index is 13.1. The van der Waals surface area contributed by atoms with Crippen LogP contribution in [0.3, 0.4) is 0 Å². The molecule has 0 spiro atoms. The predicted molar refractivity (Wildman–Crippen MR) is 85.7 cm³/mol. The number of carbonyl (C=O) groups is 1. The van der Waals surface area contributed by atoms with Crippen molar-refractivity contribution in [3.63, 3.8) is 0 Å². The molecule has 0 unspecified atom stereocenters. The minimum absolute atomic E-state index is 0.0452. The van der Waals surface area contributed by atoms with Crippen molar-refractivity contribution in [3.8, 4) is 0 Å². The second-order valence-electron chi connectivity index (χ2n) is 5.28. The van der Waals surface area contributed by atoms with Gasteiger partial charge in [0.25, 0.3) is 0 Å². The van der Waals surface area contributed by atoms with Crippen molar-refractivity contribution < 1.29 is 17.6 Å². The molecule has 0 heterocycles. The molecule has 1 aromatic carbocycles. The molecule has 0 aliphatic heterocycles. The number of anilines is 1. The Morgan fingerprint density at radius 1 is 1.23 bits per heavy atom. The van der Waals surface area contributed by atoms with Crippen molar-refractivity contribution in [2.24, 2.45) is 0 Å². The first-order valence-corrected chi connectivity index (χ1v) is 9.10. The minimum Gasteiger partial charge on any atom is -0.352 e. The fraction of sp³-hybridized carbons (Fsp3) is 0.533. The molecule has 0 fully saturated rings. The van der Waals surface area contributed by atoms with E-state index in [-0.39, 0.29) is 17.6 Å². The van der Waals surface area contributed by atoms with E-state index in [0.29, 0.717) is 6.42 Å². The standard InChI is InChI=1S/C15H23FN2O3S/c1-5-11(3)17-15(19)14(6-2)18(22(4,20)21)13-9-7-12(16)8-10-13/h7-11,14H,5-6H2,1-4H3,(H,17,19)/t11-,14+/m1/s1. The first-order valence-electron chi connectivity index (χ1n) is 7.26. The summed E-state index contributed by atoms with van der Waals surface area (Å²) < 4.78 is 38.4. The Hall–Kier alpha value is -1.63. The van der Waals surface area contributed by atoms with Gasteiger partial charge in [-0.05, 0) is 44.0 Å². The first kappa shape index (κ1) is 18.4. The number of nitrogens with one attached hydrogen (secondary N) is 1. The molecule has 0 aliphatic rings. The van der Waals surface area contributed by atoms with E-state index in [9.17, 15) is 17.6 Å². The first-order chi connectivity index (χ1) is 10.2. The third kappa shape index (κ3) is 4.69. The van der Waals surface area contributed by atoms with Crippen molar-refractivity contribution >= 4 is 21.6 Å². The maximum Gasteiger partial charge on any atom is 0.244 e. The highest BCUT2D eigenvalue weighted by Gasteiger charge is 2.31. The number of benzene rings is 1. The number of hydrogen-bond acceptors (Lipinski definition) is 3. The summed E-state index contributed by atoms with van der Waals surface area (Å²) in [5.74, 6) is -0.819. The van der Waals surface area contributed by atoms with Gasteiger partial charge in [-0.1, -0.05) is 13.8 Å². The number of hydrogen-bond donors (Lipinski definition) is 1. The summed E-state index contributed by atoms with van der Waals surface area (Å²) in [6, 6.07) is 4.15. The molecule has 22 heavy (non-hydrogen) atoms. The molecule has 0 aromatic heterocycles. The molecule has 0 bridgehead atoms. The summed E-state index contributed by atoms with van der Waals surface area (Å²) in [7, 11) is -3.68. The summed E-state index contributed by atoms with van der Waals surface area (Å²) in [5, 5.41) is 2.80. The molecule has 1 rings (SSSR count). The highest BCUT2D eigenvalue weighted by molar-refractivity contribution is 7.92.